The maximum absolute atomic E-state index is 6.09. The van der Waals surface area contributed by atoms with Crippen molar-refractivity contribution in [3.05, 3.63) is 40.3 Å². The molecule has 0 amide bonds. The molecule has 0 fully saturated rings. The highest BCUT2D eigenvalue weighted by Crippen LogP contribution is 2.28. The minimum Gasteiger partial charge on any atom is -0.342 e. The van der Waals surface area contributed by atoms with Gasteiger partial charge in [0, 0.05) is 17.0 Å². The van der Waals surface area contributed by atoms with Crippen LogP contribution in [0.1, 0.15) is 5.82 Å². The zero-order valence-electron chi connectivity index (χ0n) is 8.50. The number of nitrogens with two attached hydrogens (primary N) is 1. The summed E-state index contributed by atoms with van der Waals surface area (Å²) >= 11 is 11.9. The summed E-state index contributed by atoms with van der Waals surface area (Å²) in [6.45, 7) is 0.571. The maximum atomic E-state index is 6.09. The van der Waals surface area contributed by atoms with Gasteiger partial charge in [0.1, 0.15) is 5.82 Å². The average Bonchev–Trinajstić information content (AvgIpc) is 2.67. The largest absolute Gasteiger partial charge is 0.342 e. The average molecular weight is 256 g/mol. The van der Waals surface area contributed by atoms with Gasteiger partial charge in [-0.25, -0.2) is 4.98 Å². The Morgan fingerprint density at radius 1 is 1.31 bits per heavy atom. The molecule has 0 aliphatic heterocycles. The van der Waals surface area contributed by atoms with Crippen LogP contribution in [0.4, 0.5) is 0 Å². The molecule has 1 aromatic carbocycles. The number of H-pyrrole nitrogens is 1. The lowest BCUT2D eigenvalue weighted by Crippen LogP contribution is -2.03. The second kappa shape index (κ2) is 4.87. The monoisotopic (exact) mass is 255 g/mol. The normalized spacial score (nSPS) is 10.7. The minimum absolute atomic E-state index is 0.571. The lowest BCUT2D eigenvalue weighted by Gasteiger charge is -2.01. The van der Waals surface area contributed by atoms with Crippen LogP contribution in [0.3, 0.4) is 0 Å². The third-order valence-electron chi connectivity index (χ3n) is 2.23. The van der Waals surface area contributed by atoms with E-state index in [2.05, 4.69) is 9.97 Å². The second-order valence-corrected chi connectivity index (χ2v) is 4.25. The molecule has 2 aromatic rings. The quantitative estimate of drug-likeness (QED) is 0.887. The summed E-state index contributed by atoms with van der Waals surface area (Å²) in [5, 5.41) is 1.23. The molecule has 0 aliphatic rings. The number of halogens is 2. The lowest BCUT2D eigenvalue weighted by molar-refractivity contribution is 0.895. The fourth-order valence-electron chi connectivity index (χ4n) is 1.47. The van der Waals surface area contributed by atoms with E-state index in [1.807, 2.05) is 6.07 Å². The van der Waals surface area contributed by atoms with Gasteiger partial charge in [-0.1, -0.05) is 23.2 Å². The maximum Gasteiger partial charge on any atom is 0.107 e. The zero-order chi connectivity index (χ0) is 11.5. The number of aromatic nitrogens is 2. The summed E-state index contributed by atoms with van der Waals surface area (Å²) in [6, 6.07) is 5.37. The van der Waals surface area contributed by atoms with Crippen molar-refractivity contribution in [1.82, 2.24) is 9.97 Å². The molecule has 84 valence electrons. The molecule has 2 rings (SSSR count). The molecule has 0 aliphatic carbocycles. The molecule has 3 nitrogen and oxygen atoms in total. The zero-order valence-corrected chi connectivity index (χ0v) is 10.0. The number of imidazole rings is 1. The predicted octanol–water partition coefficient (Wildman–Crippen LogP) is 2.88. The Hall–Kier alpha value is -1.03. The van der Waals surface area contributed by atoms with Crippen LogP contribution in [0.25, 0.3) is 11.3 Å². The molecule has 5 heteroatoms. The lowest BCUT2D eigenvalue weighted by atomic mass is 10.2. The number of benzene rings is 1. The molecule has 0 unspecified atom stereocenters. The first-order chi connectivity index (χ1) is 7.70. The van der Waals surface area contributed by atoms with Crippen molar-refractivity contribution in [2.45, 2.75) is 6.42 Å². The first-order valence-corrected chi connectivity index (χ1v) is 5.65. The van der Waals surface area contributed by atoms with Crippen LogP contribution in [0.15, 0.2) is 24.4 Å². The van der Waals surface area contributed by atoms with Crippen molar-refractivity contribution in [2.24, 2.45) is 5.73 Å². The molecule has 0 atom stereocenters. The standard InChI is InChI=1S/C11H11Cl2N3/c12-7-1-2-8(9(13)5-7)10-6-15-11(16-10)3-4-14/h1-2,5-6H,3-4,14H2,(H,15,16). The molecule has 3 N–H and O–H groups in total. The molecule has 0 spiro atoms. The molecule has 1 heterocycles. The molecule has 1 aromatic heterocycles. The van der Waals surface area contributed by atoms with Crippen LogP contribution in [0, 0.1) is 0 Å². The summed E-state index contributed by atoms with van der Waals surface area (Å²) in [5.41, 5.74) is 7.23. The third kappa shape index (κ3) is 2.38. The molecule has 0 saturated carbocycles. The van der Waals surface area contributed by atoms with Crippen molar-refractivity contribution in [1.29, 1.82) is 0 Å². The summed E-state index contributed by atoms with van der Waals surface area (Å²) in [7, 11) is 0. The Bertz CT molecular complexity index is 494. The van der Waals surface area contributed by atoms with Gasteiger partial charge in [-0.15, -0.1) is 0 Å². The van der Waals surface area contributed by atoms with E-state index in [0.717, 1.165) is 23.5 Å². The Morgan fingerprint density at radius 3 is 2.81 bits per heavy atom. The van der Waals surface area contributed by atoms with Gasteiger partial charge in [0.2, 0.25) is 0 Å². The molecule has 0 saturated heterocycles. The van der Waals surface area contributed by atoms with Gasteiger partial charge in [0.05, 0.1) is 16.9 Å². The van der Waals surface area contributed by atoms with Crippen LogP contribution >= 0.6 is 23.2 Å². The van der Waals surface area contributed by atoms with Gasteiger partial charge in [-0.05, 0) is 24.7 Å². The minimum atomic E-state index is 0.571. The summed E-state index contributed by atoms with van der Waals surface area (Å²) in [4.78, 5) is 7.39. The van der Waals surface area contributed by atoms with Crippen LogP contribution < -0.4 is 5.73 Å². The van der Waals surface area contributed by atoms with Crippen LogP contribution in [-0.2, 0) is 6.42 Å². The number of hydrogen-bond donors (Lipinski definition) is 2. The van der Waals surface area contributed by atoms with Crippen molar-refractivity contribution in [3.63, 3.8) is 0 Å². The SMILES string of the molecule is NCCc1ncc(-c2ccc(Cl)cc2Cl)[nH]1. The Morgan fingerprint density at radius 2 is 2.12 bits per heavy atom. The van der Waals surface area contributed by atoms with E-state index in [0.29, 0.717) is 16.6 Å². The number of aromatic amines is 1. The Kier molecular flexibility index (Phi) is 3.49. The third-order valence-corrected chi connectivity index (χ3v) is 2.78. The van der Waals surface area contributed by atoms with Gasteiger partial charge >= 0.3 is 0 Å². The van der Waals surface area contributed by atoms with Gasteiger partial charge in [-0.3, -0.25) is 0 Å². The topological polar surface area (TPSA) is 54.7 Å². The van der Waals surface area contributed by atoms with E-state index < -0.39 is 0 Å². The summed E-state index contributed by atoms with van der Waals surface area (Å²) < 4.78 is 0. The smallest absolute Gasteiger partial charge is 0.107 e. The Balaban J connectivity index is 2.35. The molecular weight excluding hydrogens is 245 g/mol. The van der Waals surface area contributed by atoms with Crippen molar-refractivity contribution in [2.75, 3.05) is 6.54 Å². The van der Waals surface area contributed by atoms with Crippen molar-refractivity contribution < 1.29 is 0 Å². The van der Waals surface area contributed by atoms with Crippen LogP contribution in [0.5, 0.6) is 0 Å². The fraction of sp³-hybridized carbons (Fsp3) is 0.182. The summed E-state index contributed by atoms with van der Waals surface area (Å²) in [6.07, 6.45) is 2.48. The number of nitrogens with zero attached hydrogens (tertiary/aromatic N) is 1. The van der Waals surface area contributed by atoms with E-state index in [1.54, 1.807) is 18.3 Å². The molecular formula is C11H11Cl2N3. The van der Waals surface area contributed by atoms with Crippen LogP contribution in [0.2, 0.25) is 10.0 Å². The van der Waals surface area contributed by atoms with E-state index in [-0.39, 0.29) is 0 Å². The number of nitrogens with one attached hydrogen (secondary N) is 1. The highest BCUT2D eigenvalue weighted by atomic mass is 35.5. The molecule has 0 radical (unpaired) electrons. The van der Waals surface area contributed by atoms with Crippen LogP contribution in [-0.4, -0.2) is 16.5 Å². The summed E-state index contributed by atoms with van der Waals surface area (Å²) in [5.74, 6) is 0.864. The van der Waals surface area contributed by atoms with E-state index >= 15 is 0 Å². The first-order valence-electron chi connectivity index (χ1n) is 4.90. The highest BCUT2D eigenvalue weighted by molar-refractivity contribution is 6.36. The number of hydrogen-bond acceptors (Lipinski definition) is 2. The predicted molar refractivity (Wildman–Crippen MR) is 66.8 cm³/mol. The van der Waals surface area contributed by atoms with Gasteiger partial charge in [0.15, 0.2) is 0 Å². The molecule has 0 bridgehead atoms. The van der Waals surface area contributed by atoms with Gasteiger partial charge in [-0.2, -0.15) is 0 Å². The van der Waals surface area contributed by atoms with Crippen molar-refractivity contribution in [3.8, 4) is 11.3 Å². The van der Waals surface area contributed by atoms with E-state index in [1.165, 1.54) is 0 Å². The van der Waals surface area contributed by atoms with E-state index in [9.17, 15) is 0 Å². The van der Waals surface area contributed by atoms with Gasteiger partial charge < -0.3 is 10.7 Å². The highest BCUT2D eigenvalue weighted by Gasteiger charge is 2.07. The van der Waals surface area contributed by atoms with E-state index in [4.69, 9.17) is 28.9 Å². The van der Waals surface area contributed by atoms with Crippen molar-refractivity contribution >= 4 is 23.2 Å². The number of rotatable bonds is 3. The van der Waals surface area contributed by atoms with Gasteiger partial charge in [0.25, 0.3) is 0 Å². The second-order valence-electron chi connectivity index (χ2n) is 3.41. The Labute approximate surface area is 104 Å². The first kappa shape index (κ1) is 11.5. The fourth-order valence-corrected chi connectivity index (χ4v) is 1.98. The molecule has 16 heavy (non-hydrogen) atoms.